The summed E-state index contributed by atoms with van der Waals surface area (Å²) in [5, 5.41) is 3.45. The highest BCUT2D eigenvalue weighted by Gasteiger charge is 2.24. The van der Waals surface area contributed by atoms with E-state index in [1.54, 1.807) is 0 Å². The third kappa shape index (κ3) is 3.27. The van der Waals surface area contributed by atoms with Crippen molar-refractivity contribution in [1.82, 2.24) is 15.3 Å². The van der Waals surface area contributed by atoms with E-state index in [-0.39, 0.29) is 0 Å². The highest BCUT2D eigenvalue weighted by Crippen LogP contribution is 2.24. The zero-order chi connectivity index (χ0) is 11.3. The Morgan fingerprint density at radius 2 is 1.80 bits per heavy atom. The van der Waals surface area contributed by atoms with Crippen molar-refractivity contribution in [3.8, 4) is 0 Å². The average Bonchev–Trinajstić information content (AvgIpc) is 2.19. The maximum Gasteiger partial charge on any atom is 0.133 e. The van der Waals surface area contributed by atoms with E-state index in [4.69, 9.17) is 0 Å². The van der Waals surface area contributed by atoms with Gasteiger partial charge in [-0.3, -0.25) is 0 Å². The number of nitrogens with one attached hydrogen (secondary N) is 1. The molecule has 1 heterocycles. The molecule has 1 aromatic rings. The molecule has 15 heavy (non-hydrogen) atoms. The van der Waals surface area contributed by atoms with E-state index in [0.29, 0.717) is 17.9 Å². The smallest absolute Gasteiger partial charge is 0.133 e. The lowest BCUT2D eigenvalue weighted by Crippen LogP contribution is -2.35. The second kappa shape index (κ2) is 5.81. The molecule has 0 saturated heterocycles. The molecule has 0 aliphatic carbocycles. The summed E-state index contributed by atoms with van der Waals surface area (Å²) in [7, 11) is 0. The van der Waals surface area contributed by atoms with E-state index in [2.05, 4.69) is 43.0 Å². The van der Waals surface area contributed by atoms with Crippen LogP contribution in [-0.4, -0.2) is 22.6 Å². The first kappa shape index (κ1) is 12.1. The Bertz CT molecular complexity index is 271. The van der Waals surface area contributed by atoms with Gasteiger partial charge in [-0.25, -0.2) is 9.97 Å². The highest BCUT2D eigenvalue weighted by atomic mass is 14.9. The minimum Gasteiger partial charge on any atom is -0.314 e. The van der Waals surface area contributed by atoms with E-state index in [0.717, 1.165) is 12.4 Å². The third-order valence-electron chi connectivity index (χ3n) is 2.67. The molecular formula is C12H21N3. The molecule has 0 fully saturated rings. The van der Waals surface area contributed by atoms with Crippen molar-refractivity contribution in [1.29, 1.82) is 0 Å². The van der Waals surface area contributed by atoms with Crippen LogP contribution in [0.2, 0.25) is 0 Å². The van der Waals surface area contributed by atoms with Crippen LogP contribution in [0.15, 0.2) is 18.5 Å². The quantitative estimate of drug-likeness (QED) is 0.804. The van der Waals surface area contributed by atoms with Crippen molar-refractivity contribution in [2.75, 3.05) is 6.54 Å². The fourth-order valence-corrected chi connectivity index (χ4v) is 2.03. The average molecular weight is 207 g/mol. The molecule has 84 valence electrons. The predicted molar refractivity (Wildman–Crippen MR) is 62.7 cm³/mol. The van der Waals surface area contributed by atoms with Crippen molar-refractivity contribution in [3.05, 3.63) is 24.3 Å². The minimum atomic E-state index is 0.381. The molecule has 1 rings (SSSR count). The number of hydrogen-bond acceptors (Lipinski definition) is 3. The lowest BCUT2D eigenvalue weighted by Gasteiger charge is -2.26. The van der Waals surface area contributed by atoms with Gasteiger partial charge in [-0.2, -0.15) is 0 Å². The zero-order valence-corrected chi connectivity index (χ0v) is 10.1. The number of rotatable bonds is 5. The molecule has 2 unspecified atom stereocenters. The highest BCUT2D eigenvalue weighted by molar-refractivity contribution is 5.02. The van der Waals surface area contributed by atoms with Crippen LogP contribution in [0.1, 0.15) is 39.4 Å². The van der Waals surface area contributed by atoms with Gasteiger partial charge in [0.25, 0.3) is 0 Å². The fourth-order valence-electron chi connectivity index (χ4n) is 2.03. The monoisotopic (exact) mass is 207 g/mol. The number of aromatic nitrogens is 2. The van der Waals surface area contributed by atoms with Gasteiger partial charge in [0.05, 0.1) is 0 Å². The molecule has 1 aromatic heterocycles. The van der Waals surface area contributed by atoms with E-state index >= 15 is 0 Å². The Kier molecular flexibility index (Phi) is 4.69. The molecule has 2 atom stereocenters. The normalized spacial score (nSPS) is 15.3. The minimum absolute atomic E-state index is 0.381. The van der Waals surface area contributed by atoms with Crippen LogP contribution in [-0.2, 0) is 0 Å². The van der Waals surface area contributed by atoms with Crippen LogP contribution in [0.25, 0.3) is 0 Å². The zero-order valence-electron chi connectivity index (χ0n) is 10.1. The first-order chi connectivity index (χ1) is 7.16. The summed E-state index contributed by atoms with van der Waals surface area (Å²) in [6.45, 7) is 9.74. The summed E-state index contributed by atoms with van der Waals surface area (Å²) < 4.78 is 0. The Morgan fingerprint density at radius 3 is 2.27 bits per heavy atom. The predicted octanol–water partition coefficient (Wildman–Crippen LogP) is 2.21. The maximum atomic E-state index is 4.35. The van der Waals surface area contributed by atoms with Crippen LogP contribution in [0, 0.1) is 5.92 Å². The molecule has 3 heteroatoms. The summed E-state index contributed by atoms with van der Waals surface area (Å²) in [6.07, 6.45) is 3.63. The Hall–Kier alpha value is -0.960. The molecule has 1 N–H and O–H groups in total. The molecule has 0 spiro atoms. The van der Waals surface area contributed by atoms with Gasteiger partial charge >= 0.3 is 0 Å². The van der Waals surface area contributed by atoms with Crippen molar-refractivity contribution in [2.45, 2.75) is 39.7 Å². The Labute approximate surface area is 92.3 Å². The largest absolute Gasteiger partial charge is 0.314 e. The summed E-state index contributed by atoms with van der Waals surface area (Å²) in [6, 6.07) is 2.27. The molecule has 0 amide bonds. The van der Waals surface area contributed by atoms with E-state index < -0.39 is 0 Å². The Balaban J connectivity index is 2.83. The molecular weight excluding hydrogens is 186 g/mol. The molecule has 0 radical (unpaired) electrons. The van der Waals surface area contributed by atoms with Gasteiger partial charge in [-0.15, -0.1) is 0 Å². The first-order valence-electron chi connectivity index (χ1n) is 5.67. The van der Waals surface area contributed by atoms with Gasteiger partial charge in [0.15, 0.2) is 0 Å². The van der Waals surface area contributed by atoms with Gasteiger partial charge in [0.1, 0.15) is 5.82 Å². The lowest BCUT2D eigenvalue weighted by atomic mass is 9.88. The first-order valence-corrected chi connectivity index (χ1v) is 5.67. The van der Waals surface area contributed by atoms with Crippen LogP contribution < -0.4 is 5.32 Å². The molecule has 0 saturated carbocycles. The number of likely N-dealkylation sites (N-methyl/N-ethyl adjacent to an activating group) is 1. The number of nitrogens with zero attached hydrogens (tertiary/aromatic N) is 2. The molecule has 0 aliphatic heterocycles. The fraction of sp³-hybridized carbons (Fsp3) is 0.667. The standard InChI is InChI=1S/C12H21N3/c1-5-13-10(4)11(9(2)3)12-14-7-6-8-15-12/h6-11,13H,5H2,1-4H3. The van der Waals surface area contributed by atoms with Crippen molar-refractivity contribution in [3.63, 3.8) is 0 Å². The lowest BCUT2D eigenvalue weighted by molar-refractivity contribution is 0.368. The second-order valence-electron chi connectivity index (χ2n) is 4.22. The number of hydrogen-bond donors (Lipinski definition) is 1. The summed E-state index contributed by atoms with van der Waals surface area (Å²) in [5.74, 6) is 1.87. The summed E-state index contributed by atoms with van der Waals surface area (Å²) in [5.41, 5.74) is 0. The van der Waals surface area contributed by atoms with Crippen molar-refractivity contribution in [2.24, 2.45) is 5.92 Å². The van der Waals surface area contributed by atoms with Crippen LogP contribution in [0.5, 0.6) is 0 Å². The van der Waals surface area contributed by atoms with E-state index in [1.807, 2.05) is 18.5 Å². The van der Waals surface area contributed by atoms with Crippen LogP contribution in [0.3, 0.4) is 0 Å². The van der Waals surface area contributed by atoms with Gasteiger partial charge in [-0.1, -0.05) is 20.8 Å². The Morgan fingerprint density at radius 1 is 1.20 bits per heavy atom. The third-order valence-corrected chi connectivity index (χ3v) is 2.67. The van der Waals surface area contributed by atoms with Gasteiger partial charge in [0.2, 0.25) is 0 Å². The van der Waals surface area contributed by atoms with Gasteiger partial charge in [-0.05, 0) is 25.5 Å². The topological polar surface area (TPSA) is 37.8 Å². The van der Waals surface area contributed by atoms with E-state index in [1.165, 1.54) is 0 Å². The maximum absolute atomic E-state index is 4.35. The second-order valence-corrected chi connectivity index (χ2v) is 4.22. The molecule has 0 aliphatic rings. The SMILES string of the molecule is CCNC(C)C(c1ncccn1)C(C)C. The molecule has 0 aromatic carbocycles. The van der Waals surface area contributed by atoms with Gasteiger partial charge in [0, 0.05) is 24.4 Å². The van der Waals surface area contributed by atoms with Crippen molar-refractivity contribution < 1.29 is 0 Å². The summed E-state index contributed by atoms with van der Waals surface area (Å²) >= 11 is 0. The molecule has 0 bridgehead atoms. The van der Waals surface area contributed by atoms with Gasteiger partial charge < -0.3 is 5.32 Å². The van der Waals surface area contributed by atoms with Crippen molar-refractivity contribution >= 4 is 0 Å². The van der Waals surface area contributed by atoms with Crippen LogP contribution in [0.4, 0.5) is 0 Å². The van der Waals surface area contributed by atoms with E-state index in [9.17, 15) is 0 Å². The summed E-state index contributed by atoms with van der Waals surface area (Å²) in [4.78, 5) is 8.71. The molecule has 3 nitrogen and oxygen atoms in total. The van der Waals surface area contributed by atoms with Crippen LogP contribution >= 0.6 is 0 Å².